The number of allylic oxidation sites excluding steroid dienone is 1. The minimum absolute atomic E-state index is 0.0271. The van der Waals surface area contributed by atoms with Gasteiger partial charge in [0.1, 0.15) is 5.75 Å². The molecule has 9 heteroatoms. The van der Waals surface area contributed by atoms with Gasteiger partial charge in [0.05, 0.1) is 5.75 Å². The lowest BCUT2D eigenvalue weighted by Gasteiger charge is -2.09. The molecule has 1 saturated carbocycles. The average Bonchev–Trinajstić information content (AvgIpc) is 3.33. The summed E-state index contributed by atoms with van der Waals surface area (Å²) in [5.41, 5.74) is 0.704. The van der Waals surface area contributed by atoms with Crippen molar-refractivity contribution in [2.24, 2.45) is 0 Å². The number of rotatable bonds is 9. The zero-order valence-electron chi connectivity index (χ0n) is 13.9. The van der Waals surface area contributed by atoms with Crippen molar-refractivity contribution < 1.29 is 18.3 Å². The zero-order chi connectivity index (χ0) is 18.5. The van der Waals surface area contributed by atoms with Gasteiger partial charge in [0.25, 0.3) is 0 Å². The van der Waals surface area contributed by atoms with Crippen LogP contribution >= 0.6 is 11.8 Å². The highest BCUT2D eigenvalue weighted by Gasteiger charge is 2.23. The zero-order valence-corrected chi connectivity index (χ0v) is 14.7. The number of alkyl halides is 2. The maximum Gasteiger partial charge on any atom is 0.387 e. The van der Waals surface area contributed by atoms with Gasteiger partial charge in [-0.1, -0.05) is 17.8 Å². The van der Waals surface area contributed by atoms with Crippen LogP contribution in [-0.2, 0) is 11.3 Å². The van der Waals surface area contributed by atoms with Gasteiger partial charge in [0.15, 0.2) is 11.0 Å². The molecule has 0 atom stereocenters. The number of amides is 1. The van der Waals surface area contributed by atoms with Gasteiger partial charge in [-0.25, -0.2) is 0 Å². The van der Waals surface area contributed by atoms with E-state index in [4.69, 9.17) is 0 Å². The van der Waals surface area contributed by atoms with Crippen molar-refractivity contribution in [3.05, 3.63) is 36.9 Å². The Bertz CT molecular complexity index is 776. The van der Waals surface area contributed by atoms with Crippen LogP contribution in [-0.4, -0.2) is 39.1 Å². The number of hydrogen-bond acceptors (Lipinski definition) is 5. The van der Waals surface area contributed by atoms with Crippen molar-refractivity contribution in [1.82, 2.24) is 20.1 Å². The molecule has 0 unspecified atom stereocenters. The van der Waals surface area contributed by atoms with Crippen molar-refractivity contribution in [2.75, 3.05) is 5.75 Å². The molecule has 138 valence electrons. The first-order valence-electron chi connectivity index (χ1n) is 8.08. The number of hydrogen-bond donors (Lipinski definition) is 1. The fourth-order valence-electron chi connectivity index (χ4n) is 2.32. The van der Waals surface area contributed by atoms with E-state index in [1.54, 1.807) is 18.2 Å². The van der Waals surface area contributed by atoms with Crippen molar-refractivity contribution in [1.29, 1.82) is 0 Å². The predicted molar refractivity (Wildman–Crippen MR) is 94.2 cm³/mol. The van der Waals surface area contributed by atoms with E-state index in [0.29, 0.717) is 29.1 Å². The average molecular weight is 380 g/mol. The minimum Gasteiger partial charge on any atom is -0.435 e. The van der Waals surface area contributed by atoms with Crippen LogP contribution in [0.4, 0.5) is 8.78 Å². The molecule has 6 nitrogen and oxygen atoms in total. The number of aromatic nitrogens is 3. The lowest BCUT2D eigenvalue weighted by molar-refractivity contribution is -0.118. The number of carbonyl (C=O) groups excluding carboxylic acids is 1. The molecule has 1 amide bonds. The molecule has 3 rings (SSSR count). The first-order chi connectivity index (χ1) is 12.6. The number of ether oxygens (including phenoxy) is 1. The lowest BCUT2D eigenvalue weighted by Crippen LogP contribution is -2.27. The van der Waals surface area contributed by atoms with Crippen molar-refractivity contribution >= 4 is 17.7 Å². The molecule has 1 aromatic carbocycles. The Labute approximate surface area is 153 Å². The fourth-order valence-corrected chi connectivity index (χ4v) is 3.07. The molecule has 1 fully saturated rings. The minimum atomic E-state index is -2.87. The SMILES string of the molecule is C=CCn1c(SCC(=O)NC2CC2)nnc1-c1ccc(OC(F)F)cc1. The number of nitrogens with zero attached hydrogens (tertiary/aromatic N) is 3. The third-order valence-corrected chi connectivity index (χ3v) is 4.61. The van der Waals surface area contributed by atoms with E-state index in [-0.39, 0.29) is 17.4 Å². The summed E-state index contributed by atoms with van der Waals surface area (Å²) in [6, 6.07) is 6.48. The van der Waals surface area contributed by atoms with Crippen LogP contribution in [0.2, 0.25) is 0 Å². The van der Waals surface area contributed by atoms with Gasteiger partial charge in [-0.15, -0.1) is 16.8 Å². The molecule has 0 saturated heterocycles. The largest absolute Gasteiger partial charge is 0.435 e. The van der Waals surface area contributed by atoms with Gasteiger partial charge in [-0.2, -0.15) is 8.78 Å². The third-order valence-electron chi connectivity index (χ3n) is 3.64. The van der Waals surface area contributed by atoms with Crippen molar-refractivity contribution in [2.45, 2.75) is 37.2 Å². The first-order valence-corrected chi connectivity index (χ1v) is 9.07. The molecule has 2 aromatic rings. The highest BCUT2D eigenvalue weighted by atomic mass is 32.2. The van der Waals surface area contributed by atoms with Crippen LogP contribution < -0.4 is 10.1 Å². The number of thioether (sulfide) groups is 1. The molecule has 1 aromatic heterocycles. The van der Waals surface area contributed by atoms with Crippen molar-refractivity contribution in [3.63, 3.8) is 0 Å². The molecule has 0 bridgehead atoms. The van der Waals surface area contributed by atoms with E-state index in [9.17, 15) is 13.6 Å². The molecule has 0 aliphatic heterocycles. The molecule has 1 aliphatic carbocycles. The monoisotopic (exact) mass is 380 g/mol. The summed E-state index contributed by atoms with van der Waals surface area (Å²) in [7, 11) is 0. The highest BCUT2D eigenvalue weighted by molar-refractivity contribution is 7.99. The normalized spacial score (nSPS) is 13.7. The van der Waals surface area contributed by atoms with Crippen LogP contribution in [0.3, 0.4) is 0 Å². The van der Waals surface area contributed by atoms with Gasteiger partial charge in [-0.05, 0) is 37.1 Å². The summed E-state index contributed by atoms with van der Waals surface area (Å²) in [5, 5.41) is 11.8. The Morgan fingerprint density at radius 2 is 2.12 bits per heavy atom. The second-order valence-corrected chi connectivity index (χ2v) is 6.68. The van der Waals surface area contributed by atoms with Crippen LogP contribution in [0.5, 0.6) is 5.75 Å². The van der Waals surface area contributed by atoms with Crippen LogP contribution in [0.15, 0.2) is 42.1 Å². The molecule has 1 aliphatic rings. The van der Waals surface area contributed by atoms with E-state index in [1.165, 1.54) is 23.9 Å². The van der Waals surface area contributed by atoms with Gasteiger partial charge in [-0.3, -0.25) is 9.36 Å². The van der Waals surface area contributed by atoms with E-state index >= 15 is 0 Å². The van der Waals surface area contributed by atoms with E-state index in [1.807, 2.05) is 4.57 Å². The molecular weight excluding hydrogens is 362 g/mol. The maximum absolute atomic E-state index is 12.2. The van der Waals surface area contributed by atoms with Crippen LogP contribution in [0.25, 0.3) is 11.4 Å². The van der Waals surface area contributed by atoms with Crippen LogP contribution in [0, 0.1) is 0 Å². The number of benzene rings is 1. The summed E-state index contributed by atoms with van der Waals surface area (Å²) in [6.07, 6.45) is 3.78. The Morgan fingerprint density at radius 1 is 1.38 bits per heavy atom. The Morgan fingerprint density at radius 3 is 2.73 bits per heavy atom. The molecule has 1 heterocycles. The Kier molecular flexibility index (Phi) is 5.87. The number of carbonyl (C=O) groups is 1. The molecule has 0 spiro atoms. The lowest BCUT2D eigenvalue weighted by atomic mass is 10.2. The number of halogens is 2. The van der Waals surface area contributed by atoms with Crippen LogP contribution in [0.1, 0.15) is 12.8 Å². The Balaban J connectivity index is 1.73. The fraction of sp³-hybridized carbons (Fsp3) is 0.353. The molecule has 1 N–H and O–H groups in total. The van der Waals surface area contributed by atoms with Gasteiger partial charge < -0.3 is 10.1 Å². The standard InChI is InChI=1S/C17H18F2N4O2S/c1-2-9-23-15(11-3-7-13(8-4-11)25-16(18)19)21-22-17(23)26-10-14(24)20-12-5-6-12/h2-4,7-8,12,16H,1,5-6,9-10H2,(H,20,24). The van der Waals surface area contributed by atoms with Crippen molar-refractivity contribution in [3.8, 4) is 17.1 Å². The van der Waals surface area contributed by atoms with E-state index < -0.39 is 6.61 Å². The molecule has 0 radical (unpaired) electrons. The topological polar surface area (TPSA) is 69.0 Å². The summed E-state index contributed by atoms with van der Waals surface area (Å²) < 4.78 is 30.7. The molecule has 26 heavy (non-hydrogen) atoms. The van der Waals surface area contributed by atoms with E-state index in [2.05, 4.69) is 26.8 Å². The summed E-state index contributed by atoms with van der Waals surface area (Å²) in [6.45, 7) is 1.33. The molecular formula is C17H18F2N4O2S. The number of nitrogens with one attached hydrogen (secondary N) is 1. The smallest absolute Gasteiger partial charge is 0.387 e. The second-order valence-electron chi connectivity index (χ2n) is 5.74. The third kappa shape index (κ3) is 4.81. The van der Waals surface area contributed by atoms with Gasteiger partial charge in [0, 0.05) is 18.2 Å². The van der Waals surface area contributed by atoms with E-state index in [0.717, 1.165) is 12.8 Å². The summed E-state index contributed by atoms with van der Waals surface area (Å²) >= 11 is 1.30. The highest BCUT2D eigenvalue weighted by Crippen LogP contribution is 2.26. The second kappa shape index (κ2) is 8.31. The van der Waals surface area contributed by atoms with Gasteiger partial charge >= 0.3 is 6.61 Å². The summed E-state index contributed by atoms with van der Waals surface area (Å²) in [4.78, 5) is 11.9. The summed E-state index contributed by atoms with van der Waals surface area (Å²) in [5.74, 6) is 0.872. The maximum atomic E-state index is 12.2. The first kappa shape index (κ1) is 18.4. The Hall–Kier alpha value is -2.42. The van der Waals surface area contributed by atoms with Gasteiger partial charge in [0.2, 0.25) is 5.91 Å². The predicted octanol–water partition coefficient (Wildman–Crippen LogP) is 3.10. The quantitative estimate of drug-likeness (QED) is 0.535.